The zero-order valence-electron chi connectivity index (χ0n) is 19.7. The molecule has 7 heteroatoms. The molecule has 1 aliphatic rings. The molecule has 0 aromatic heterocycles. The van der Waals surface area contributed by atoms with Crippen molar-refractivity contribution < 1.29 is 14.3 Å². The lowest BCUT2D eigenvalue weighted by atomic mass is 10.1. The van der Waals surface area contributed by atoms with Crippen molar-refractivity contribution in [1.29, 1.82) is 0 Å². The van der Waals surface area contributed by atoms with Crippen LogP contribution in [0.2, 0.25) is 0 Å². The lowest BCUT2D eigenvalue weighted by Gasteiger charge is -2.24. The van der Waals surface area contributed by atoms with Gasteiger partial charge in [-0.15, -0.1) is 0 Å². The van der Waals surface area contributed by atoms with Gasteiger partial charge in [0.15, 0.2) is 0 Å². The second-order valence-electron chi connectivity index (χ2n) is 8.31. The molecule has 1 aliphatic heterocycles. The van der Waals surface area contributed by atoms with E-state index in [4.69, 9.17) is 4.74 Å². The smallest absolute Gasteiger partial charge is 0.319 e. The summed E-state index contributed by atoms with van der Waals surface area (Å²) >= 11 is 1.56. The van der Waals surface area contributed by atoms with Gasteiger partial charge in [-0.2, -0.15) is 0 Å². The Balaban J connectivity index is 1.38. The summed E-state index contributed by atoms with van der Waals surface area (Å²) in [5.74, 6) is 0.699. The van der Waals surface area contributed by atoms with E-state index in [1.54, 1.807) is 23.8 Å². The molecule has 36 heavy (non-hydrogen) atoms. The van der Waals surface area contributed by atoms with Crippen molar-refractivity contribution in [2.75, 3.05) is 17.3 Å². The Bertz CT molecular complexity index is 1390. The number of ether oxygens (including phenoxy) is 1. The second-order valence-corrected chi connectivity index (χ2v) is 9.40. The Morgan fingerprint density at radius 2 is 1.61 bits per heavy atom. The summed E-state index contributed by atoms with van der Waals surface area (Å²) in [5, 5.41) is 5.78. The van der Waals surface area contributed by atoms with Gasteiger partial charge in [0.1, 0.15) is 5.75 Å². The van der Waals surface area contributed by atoms with Crippen LogP contribution in [0.4, 0.5) is 16.2 Å². The van der Waals surface area contributed by atoms with E-state index in [0.717, 1.165) is 32.4 Å². The van der Waals surface area contributed by atoms with Crippen LogP contribution >= 0.6 is 11.8 Å². The number of carbonyl (C=O) groups excluding carboxylic acids is 2. The predicted octanol–water partition coefficient (Wildman–Crippen LogP) is 6.33. The fourth-order valence-corrected chi connectivity index (χ4v) is 5.08. The summed E-state index contributed by atoms with van der Waals surface area (Å²) in [5.41, 5.74) is 4.02. The maximum absolute atomic E-state index is 13.6. The largest absolute Gasteiger partial charge is 0.497 e. The molecule has 6 nitrogen and oxygen atoms in total. The van der Waals surface area contributed by atoms with Crippen molar-refractivity contribution in [2.24, 2.45) is 0 Å². The molecule has 2 N–H and O–H groups in total. The predicted molar refractivity (Wildman–Crippen MR) is 143 cm³/mol. The number of anilines is 2. The minimum Gasteiger partial charge on any atom is -0.497 e. The van der Waals surface area contributed by atoms with Crippen LogP contribution in [0.3, 0.4) is 0 Å². The zero-order valence-corrected chi connectivity index (χ0v) is 20.5. The summed E-state index contributed by atoms with van der Waals surface area (Å²) in [4.78, 5) is 29.9. The summed E-state index contributed by atoms with van der Waals surface area (Å²) in [6.45, 7) is 0.805. The molecule has 0 spiro atoms. The van der Waals surface area contributed by atoms with Crippen molar-refractivity contribution in [3.8, 4) is 5.75 Å². The number of amides is 3. The first-order valence-corrected chi connectivity index (χ1v) is 12.4. The highest BCUT2D eigenvalue weighted by molar-refractivity contribution is 7.99. The van der Waals surface area contributed by atoms with Crippen molar-refractivity contribution in [3.63, 3.8) is 0 Å². The van der Waals surface area contributed by atoms with Gasteiger partial charge in [0.05, 0.1) is 24.9 Å². The molecule has 0 aliphatic carbocycles. The molecule has 3 amide bonds. The molecule has 4 aromatic carbocycles. The molecule has 180 valence electrons. The number of methoxy groups -OCH3 is 1. The quantitative estimate of drug-likeness (QED) is 0.328. The molecule has 0 saturated heterocycles. The van der Waals surface area contributed by atoms with Gasteiger partial charge >= 0.3 is 6.03 Å². The van der Waals surface area contributed by atoms with Crippen LogP contribution in [-0.2, 0) is 13.1 Å². The number of urea groups is 1. The third-order valence-corrected chi connectivity index (χ3v) is 7.03. The number of rotatable bonds is 6. The van der Waals surface area contributed by atoms with E-state index in [-0.39, 0.29) is 11.9 Å². The van der Waals surface area contributed by atoms with E-state index >= 15 is 0 Å². The second kappa shape index (κ2) is 10.6. The average Bonchev–Trinajstić information content (AvgIpc) is 3.03. The molecule has 0 saturated carbocycles. The number of carbonyl (C=O) groups is 2. The highest BCUT2D eigenvalue weighted by Gasteiger charge is 2.27. The molecule has 0 radical (unpaired) electrons. The Kier molecular flexibility index (Phi) is 6.91. The fraction of sp³-hybridized carbons (Fsp3) is 0.103. The molecule has 0 atom stereocenters. The highest BCUT2D eigenvalue weighted by atomic mass is 32.2. The van der Waals surface area contributed by atoms with Crippen molar-refractivity contribution >= 4 is 35.1 Å². The SMILES string of the molecule is COc1ccc(CNC(=O)Nc2ccc3c(c2)N(Cc2ccccc2)C(=O)c2ccccc2S3)cc1. The van der Waals surface area contributed by atoms with Gasteiger partial charge in [-0.1, -0.05) is 66.4 Å². The molecular formula is C29H25N3O3S. The Morgan fingerprint density at radius 3 is 2.39 bits per heavy atom. The minimum atomic E-state index is -0.323. The van der Waals surface area contributed by atoms with Crippen LogP contribution in [0, 0.1) is 0 Å². The van der Waals surface area contributed by atoms with E-state index in [2.05, 4.69) is 10.6 Å². The maximum Gasteiger partial charge on any atom is 0.319 e. The van der Waals surface area contributed by atoms with Crippen molar-refractivity contribution in [1.82, 2.24) is 5.32 Å². The first-order valence-electron chi connectivity index (χ1n) is 11.6. The molecule has 0 unspecified atom stereocenters. The Hall–Kier alpha value is -4.23. The molecule has 5 rings (SSSR count). The summed E-state index contributed by atoms with van der Waals surface area (Å²) in [7, 11) is 1.62. The number of benzene rings is 4. The van der Waals surface area contributed by atoms with Crippen molar-refractivity contribution in [3.05, 3.63) is 114 Å². The highest BCUT2D eigenvalue weighted by Crippen LogP contribution is 2.43. The maximum atomic E-state index is 13.6. The number of nitrogens with one attached hydrogen (secondary N) is 2. The van der Waals surface area contributed by atoms with Crippen molar-refractivity contribution in [2.45, 2.75) is 22.9 Å². The van der Waals surface area contributed by atoms with E-state index in [9.17, 15) is 9.59 Å². The Morgan fingerprint density at radius 1 is 0.861 bits per heavy atom. The number of hydrogen-bond donors (Lipinski definition) is 2. The van der Waals surface area contributed by atoms with Gasteiger partial charge in [0.2, 0.25) is 0 Å². The van der Waals surface area contributed by atoms with Crippen LogP contribution < -0.4 is 20.3 Å². The Labute approximate surface area is 214 Å². The first kappa shape index (κ1) is 23.5. The van der Waals surface area contributed by atoms with Crippen LogP contribution in [-0.4, -0.2) is 19.0 Å². The molecule has 0 fully saturated rings. The first-order chi connectivity index (χ1) is 17.6. The minimum absolute atomic E-state index is 0.0678. The molecule has 4 aromatic rings. The lowest BCUT2D eigenvalue weighted by Crippen LogP contribution is -2.31. The third kappa shape index (κ3) is 5.21. The van der Waals surface area contributed by atoms with Crippen LogP contribution in [0.1, 0.15) is 21.5 Å². The average molecular weight is 496 g/mol. The van der Waals surface area contributed by atoms with E-state index in [1.807, 2.05) is 97.1 Å². The number of fused-ring (bicyclic) bond motifs is 2. The number of nitrogens with zero attached hydrogens (tertiary/aromatic N) is 1. The summed E-state index contributed by atoms with van der Waals surface area (Å²) in [6.07, 6.45) is 0. The molecular weight excluding hydrogens is 470 g/mol. The van der Waals surface area contributed by atoms with E-state index in [0.29, 0.717) is 24.3 Å². The third-order valence-electron chi connectivity index (χ3n) is 5.89. The van der Waals surface area contributed by atoms with Gasteiger partial charge in [-0.3, -0.25) is 4.79 Å². The van der Waals surface area contributed by atoms with Crippen LogP contribution in [0.25, 0.3) is 0 Å². The summed E-state index contributed by atoms with van der Waals surface area (Å²) < 4.78 is 5.17. The monoisotopic (exact) mass is 495 g/mol. The molecule has 0 bridgehead atoms. The van der Waals surface area contributed by atoms with Gasteiger partial charge in [-0.25, -0.2) is 4.79 Å². The van der Waals surface area contributed by atoms with Gasteiger partial charge < -0.3 is 20.3 Å². The normalized spacial score (nSPS) is 12.2. The van der Waals surface area contributed by atoms with Gasteiger partial charge in [-0.05, 0) is 53.6 Å². The molecule has 1 heterocycles. The lowest BCUT2D eigenvalue weighted by molar-refractivity contribution is 0.0982. The topological polar surface area (TPSA) is 70.7 Å². The van der Waals surface area contributed by atoms with Crippen LogP contribution in [0.5, 0.6) is 5.75 Å². The van der Waals surface area contributed by atoms with E-state index in [1.165, 1.54) is 0 Å². The fourth-order valence-electron chi connectivity index (χ4n) is 4.02. The van der Waals surface area contributed by atoms with Crippen LogP contribution in [0.15, 0.2) is 107 Å². The zero-order chi connectivity index (χ0) is 24.9. The van der Waals surface area contributed by atoms with Gasteiger partial charge in [0, 0.05) is 22.0 Å². The standard InChI is InChI=1S/C29H25N3O3S/c1-35-23-14-11-20(12-15-23)18-30-29(34)31-22-13-16-27-25(17-22)32(19-21-7-3-2-4-8-21)28(33)24-9-5-6-10-26(24)36-27/h2-17H,18-19H2,1H3,(H2,30,31,34). The number of hydrogen-bond acceptors (Lipinski definition) is 4. The van der Waals surface area contributed by atoms with E-state index < -0.39 is 0 Å². The van der Waals surface area contributed by atoms with Gasteiger partial charge in [0.25, 0.3) is 5.91 Å². The summed E-state index contributed by atoms with van der Waals surface area (Å²) in [6, 6.07) is 30.4.